The second kappa shape index (κ2) is 6.04. The molecule has 0 fully saturated rings. The van der Waals surface area contributed by atoms with Crippen LogP contribution in [0, 0.1) is 0 Å². The molecule has 0 aromatic rings. The Morgan fingerprint density at radius 1 is 0.750 bits per heavy atom. The smallest absolute Gasteiger partial charge is 0 e. The minimum absolute atomic E-state index is 0. The van der Waals surface area contributed by atoms with Gasteiger partial charge in [0.25, 0.3) is 0 Å². The van der Waals surface area contributed by atoms with Gasteiger partial charge in [-0.15, -0.1) is 0 Å². The van der Waals surface area contributed by atoms with Crippen LogP contribution in [0.3, 0.4) is 0 Å². The van der Waals surface area contributed by atoms with Crippen molar-refractivity contribution in [1.82, 2.24) is 0 Å². The van der Waals surface area contributed by atoms with Crippen molar-refractivity contribution < 1.29 is 22.4 Å². The van der Waals surface area contributed by atoms with E-state index in [0.717, 1.165) is 0 Å². The maximum Gasteiger partial charge on any atom is 0 e. The van der Waals surface area contributed by atoms with Gasteiger partial charge in [-0.1, -0.05) is 0 Å². The summed E-state index contributed by atoms with van der Waals surface area (Å²) in [6.45, 7) is 12.1. The Balaban J connectivity index is 0. The van der Waals surface area contributed by atoms with E-state index in [9.17, 15) is 0 Å². The van der Waals surface area contributed by atoms with Gasteiger partial charge in [-0.3, -0.25) is 0 Å². The van der Waals surface area contributed by atoms with Crippen molar-refractivity contribution in [2.24, 2.45) is 0 Å². The molecule has 0 spiro atoms. The fourth-order valence-corrected chi connectivity index (χ4v) is 6.00. The average molecular weight is 394 g/mol. The molecular weight excluding hydrogens is 371 g/mol. The summed E-state index contributed by atoms with van der Waals surface area (Å²) in [6.07, 6.45) is 0. The van der Waals surface area contributed by atoms with Gasteiger partial charge in [0.15, 0.2) is 0 Å². The molecule has 1 radical (unpaired) electrons. The first-order chi connectivity index (χ1) is 4.83. The Hall–Kier alpha value is 1.46. The van der Waals surface area contributed by atoms with E-state index < -0.39 is 6.62 Å². The molecule has 0 N–H and O–H groups in total. The quantitative estimate of drug-likeness (QED) is 0.500. The Kier molecular flexibility index (Phi) is 8.01. The van der Waals surface area contributed by atoms with Gasteiger partial charge in [0.2, 0.25) is 0 Å². The van der Waals surface area contributed by atoms with Crippen LogP contribution in [0.15, 0.2) is 0 Å². The maximum absolute atomic E-state index is 6.68. The molecule has 0 unspecified atom stereocenters. The summed E-state index contributed by atoms with van der Waals surface area (Å²) in [4.78, 5) is 0. The van der Waals surface area contributed by atoms with Gasteiger partial charge in [-0.05, 0) is 0 Å². The van der Waals surface area contributed by atoms with E-state index in [4.69, 9.17) is 11.2 Å². The van der Waals surface area contributed by atoms with Crippen molar-refractivity contribution >= 4 is 17.9 Å². The molecule has 0 saturated carbocycles. The van der Waals surface area contributed by atoms with E-state index in [1.165, 1.54) is 0 Å². The molecule has 12 heavy (non-hydrogen) atoms. The summed E-state index contributed by atoms with van der Waals surface area (Å²) in [6, 6.07) is 0. The molecule has 0 aliphatic carbocycles. The van der Waals surface area contributed by atoms with Crippen molar-refractivity contribution in [3.8, 4) is 0 Å². The summed E-state index contributed by atoms with van der Waals surface area (Å²) >= 11 is 6.68. The first-order valence-electron chi connectivity index (χ1n) is 4.52. The van der Waals surface area contributed by atoms with Gasteiger partial charge < -0.3 is 0 Å². The standard InChI is InChI=1S/C9H22ClP.Au/c1-7(2)11(10,8(3)4)9(5)6;/h7-9,11H,1-6H3;. The van der Waals surface area contributed by atoms with Crippen molar-refractivity contribution in [2.75, 3.05) is 0 Å². The molecule has 3 heteroatoms. The fourth-order valence-electron chi connectivity index (χ4n) is 2.00. The summed E-state index contributed by atoms with van der Waals surface area (Å²) < 4.78 is 0. The minimum atomic E-state index is -1.51. The Morgan fingerprint density at radius 2 is 0.917 bits per heavy atom. The first kappa shape index (κ1) is 15.9. The van der Waals surface area contributed by atoms with Crippen LogP contribution in [-0.2, 0) is 22.4 Å². The van der Waals surface area contributed by atoms with Crippen LogP contribution < -0.4 is 0 Å². The van der Waals surface area contributed by atoms with Gasteiger partial charge >= 0.3 is 76.4 Å². The van der Waals surface area contributed by atoms with Crippen LogP contribution in [0.1, 0.15) is 41.5 Å². The molecule has 0 nitrogen and oxygen atoms in total. The van der Waals surface area contributed by atoms with Crippen LogP contribution in [0.5, 0.6) is 0 Å². The summed E-state index contributed by atoms with van der Waals surface area (Å²) in [5.41, 5.74) is 2.05. The zero-order valence-corrected chi connectivity index (χ0v) is 12.8. The Bertz CT molecular complexity index is 102. The zero-order chi connectivity index (χ0) is 9.23. The Morgan fingerprint density at radius 3 is 0.917 bits per heavy atom. The Labute approximate surface area is 98.5 Å². The molecule has 0 aromatic carbocycles. The zero-order valence-electron chi connectivity index (χ0n) is 8.91. The van der Waals surface area contributed by atoms with Gasteiger partial charge in [-0.25, -0.2) is 0 Å². The normalized spacial score (nSPS) is 13.8. The number of hydrogen-bond acceptors (Lipinski definition) is 0. The predicted molar refractivity (Wildman–Crippen MR) is 59.6 cm³/mol. The van der Waals surface area contributed by atoms with Crippen molar-refractivity contribution in [2.45, 2.75) is 58.5 Å². The third-order valence-electron chi connectivity index (χ3n) is 2.65. The van der Waals surface area contributed by atoms with E-state index in [-0.39, 0.29) is 22.4 Å². The van der Waals surface area contributed by atoms with Gasteiger partial charge in [0, 0.05) is 22.4 Å². The molecule has 0 heterocycles. The van der Waals surface area contributed by atoms with Crippen LogP contribution in [0.4, 0.5) is 0 Å². The van der Waals surface area contributed by atoms with Gasteiger partial charge in [0.05, 0.1) is 0 Å². The molecule has 0 saturated heterocycles. The van der Waals surface area contributed by atoms with Crippen LogP contribution in [0.25, 0.3) is 0 Å². The third-order valence-corrected chi connectivity index (χ3v) is 11.9. The number of hydrogen-bond donors (Lipinski definition) is 0. The molecule has 0 amide bonds. The fraction of sp³-hybridized carbons (Fsp3) is 1.00. The average Bonchev–Trinajstić information content (AvgIpc) is 1.84. The second-order valence-electron chi connectivity index (χ2n) is 4.29. The molecular formula is C9H22AuClP. The summed E-state index contributed by atoms with van der Waals surface area (Å²) in [5, 5.41) is 0. The molecule has 0 aliphatic rings. The number of rotatable bonds is 3. The van der Waals surface area contributed by atoms with E-state index in [0.29, 0.717) is 17.0 Å². The van der Waals surface area contributed by atoms with Crippen LogP contribution in [-0.4, -0.2) is 17.0 Å². The monoisotopic (exact) mass is 393 g/mol. The molecule has 0 atom stereocenters. The maximum atomic E-state index is 6.68. The SMILES string of the molecule is CC(C)[PH](Cl)(C(C)C)C(C)C.[Au]. The third kappa shape index (κ3) is 3.31. The van der Waals surface area contributed by atoms with E-state index in [1.54, 1.807) is 0 Å². The topological polar surface area (TPSA) is 0 Å². The van der Waals surface area contributed by atoms with E-state index >= 15 is 0 Å². The molecule has 81 valence electrons. The van der Waals surface area contributed by atoms with Gasteiger partial charge in [0.1, 0.15) is 0 Å². The minimum Gasteiger partial charge on any atom is 0 e. The molecule has 0 aromatic heterocycles. The predicted octanol–water partition coefficient (Wildman–Crippen LogP) is 4.11. The second-order valence-corrected chi connectivity index (χ2v) is 11.4. The van der Waals surface area contributed by atoms with Crippen LogP contribution >= 0.6 is 17.9 Å². The molecule has 0 rings (SSSR count). The van der Waals surface area contributed by atoms with Crippen molar-refractivity contribution in [3.05, 3.63) is 0 Å². The van der Waals surface area contributed by atoms with E-state index in [2.05, 4.69) is 41.5 Å². The van der Waals surface area contributed by atoms with Crippen LogP contribution in [0.2, 0.25) is 0 Å². The summed E-state index contributed by atoms with van der Waals surface area (Å²) in [7, 11) is 0. The largest absolute Gasteiger partial charge is 0 e. The van der Waals surface area contributed by atoms with Crippen molar-refractivity contribution in [1.29, 1.82) is 0 Å². The summed E-state index contributed by atoms with van der Waals surface area (Å²) in [5.74, 6) is 0. The first-order valence-corrected chi connectivity index (χ1v) is 7.76. The number of halogens is 1. The molecule has 0 aliphatic heterocycles. The van der Waals surface area contributed by atoms with Gasteiger partial charge in [-0.2, -0.15) is 0 Å². The van der Waals surface area contributed by atoms with E-state index in [1.807, 2.05) is 0 Å². The van der Waals surface area contributed by atoms with Crippen molar-refractivity contribution in [3.63, 3.8) is 0 Å². The molecule has 0 bridgehead atoms.